The highest BCUT2D eigenvalue weighted by Crippen LogP contribution is 2.48. The summed E-state index contributed by atoms with van der Waals surface area (Å²) in [4.78, 5) is 29.1. The van der Waals surface area contributed by atoms with Gasteiger partial charge in [0.2, 0.25) is 5.91 Å². The van der Waals surface area contributed by atoms with Crippen molar-refractivity contribution in [3.8, 4) is 11.5 Å². The summed E-state index contributed by atoms with van der Waals surface area (Å²) in [6.45, 7) is 0.599. The van der Waals surface area contributed by atoms with E-state index in [1.807, 2.05) is 23.1 Å². The third-order valence-electron chi connectivity index (χ3n) is 7.01. The van der Waals surface area contributed by atoms with Crippen LogP contribution in [0.4, 0.5) is 0 Å². The Morgan fingerprint density at radius 2 is 1.74 bits per heavy atom. The highest BCUT2D eigenvalue weighted by molar-refractivity contribution is 6.02. The number of nitrogens with one attached hydrogen (secondary N) is 1. The maximum absolute atomic E-state index is 13.7. The smallest absolute Gasteiger partial charge is 0.254 e. The molecule has 162 valence electrons. The number of benzene rings is 2. The maximum atomic E-state index is 13.7. The van der Waals surface area contributed by atoms with E-state index in [-0.39, 0.29) is 23.9 Å². The number of carbonyl (C=O) groups is 2. The van der Waals surface area contributed by atoms with Gasteiger partial charge in [0.1, 0.15) is 0 Å². The summed E-state index contributed by atoms with van der Waals surface area (Å²) in [6.07, 6.45) is 5.11. The first-order valence-corrected chi connectivity index (χ1v) is 11.1. The highest BCUT2D eigenvalue weighted by Gasteiger charge is 2.47. The Bertz CT molecular complexity index is 1030. The van der Waals surface area contributed by atoms with Crippen molar-refractivity contribution in [1.82, 2.24) is 10.2 Å². The molecule has 2 atom stereocenters. The van der Waals surface area contributed by atoms with Crippen LogP contribution in [0.15, 0.2) is 36.4 Å². The van der Waals surface area contributed by atoms with Crippen LogP contribution in [-0.2, 0) is 11.2 Å². The van der Waals surface area contributed by atoms with Gasteiger partial charge >= 0.3 is 0 Å². The van der Waals surface area contributed by atoms with Crippen molar-refractivity contribution < 1.29 is 19.1 Å². The van der Waals surface area contributed by atoms with Crippen molar-refractivity contribution in [2.45, 2.75) is 50.1 Å². The summed E-state index contributed by atoms with van der Waals surface area (Å²) in [7, 11) is 3.13. The number of rotatable bonds is 4. The third kappa shape index (κ3) is 3.25. The second kappa shape index (κ2) is 7.91. The average molecular weight is 421 g/mol. The van der Waals surface area contributed by atoms with Crippen molar-refractivity contribution >= 4 is 11.8 Å². The molecular formula is C25H28N2O4. The quantitative estimate of drug-likeness (QED) is 0.821. The lowest BCUT2D eigenvalue weighted by molar-refractivity contribution is -0.125. The minimum absolute atomic E-state index is 0.0143. The zero-order chi connectivity index (χ0) is 21.5. The fraction of sp³-hybridized carbons (Fsp3) is 0.440. The number of fused-ring (bicyclic) bond motifs is 4. The molecule has 2 aliphatic heterocycles. The second-order valence-corrected chi connectivity index (χ2v) is 8.65. The fourth-order valence-electron chi connectivity index (χ4n) is 5.49. The second-order valence-electron chi connectivity index (χ2n) is 8.65. The van der Waals surface area contributed by atoms with E-state index in [0.29, 0.717) is 23.6 Å². The summed E-state index contributed by atoms with van der Waals surface area (Å²) in [5.41, 5.74) is 3.52. The Morgan fingerprint density at radius 1 is 1.03 bits per heavy atom. The number of hydrogen-bond donors (Lipinski definition) is 1. The number of methoxy groups -OCH3 is 2. The van der Waals surface area contributed by atoms with Crippen molar-refractivity contribution in [1.29, 1.82) is 0 Å². The van der Waals surface area contributed by atoms with Crippen molar-refractivity contribution in [2.75, 3.05) is 20.8 Å². The monoisotopic (exact) mass is 420 g/mol. The van der Waals surface area contributed by atoms with Crippen LogP contribution in [0.1, 0.15) is 64.7 Å². The molecule has 0 radical (unpaired) electrons. The van der Waals surface area contributed by atoms with Gasteiger partial charge in [-0.3, -0.25) is 9.59 Å². The van der Waals surface area contributed by atoms with Gasteiger partial charge in [0, 0.05) is 18.2 Å². The molecule has 0 saturated heterocycles. The third-order valence-corrected chi connectivity index (χ3v) is 7.01. The molecule has 5 rings (SSSR count). The SMILES string of the molecule is COc1cc2c(cc1OC)[C@H](C(=O)NC1CCCC1)[C@@H]1c3ccccc3CCN1C2=O. The maximum Gasteiger partial charge on any atom is 0.254 e. The fourth-order valence-corrected chi connectivity index (χ4v) is 5.49. The minimum atomic E-state index is -0.491. The predicted molar refractivity (Wildman–Crippen MR) is 117 cm³/mol. The van der Waals surface area contributed by atoms with E-state index < -0.39 is 5.92 Å². The highest BCUT2D eigenvalue weighted by atomic mass is 16.5. The Balaban J connectivity index is 1.66. The molecule has 1 fully saturated rings. The Kier molecular flexibility index (Phi) is 5.08. The summed E-state index contributed by atoms with van der Waals surface area (Å²) >= 11 is 0. The normalized spacial score (nSPS) is 22.4. The summed E-state index contributed by atoms with van der Waals surface area (Å²) in [5.74, 6) is 0.472. The van der Waals surface area contributed by atoms with Gasteiger partial charge in [-0.05, 0) is 48.1 Å². The van der Waals surface area contributed by atoms with Gasteiger partial charge in [-0.15, -0.1) is 0 Å². The van der Waals surface area contributed by atoms with Crippen LogP contribution in [0, 0.1) is 0 Å². The summed E-state index contributed by atoms with van der Waals surface area (Å²) in [6, 6.07) is 11.6. The average Bonchev–Trinajstić information content (AvgIpc) is 3.31. The first-order valence-electron chi connectivity index (χ1n) is 11.1. The lowest BCUT2D eigenvalue weighted by Gasteiger charge is -2.45. The number of nitrogens with zero attached hydrogens (tertiary/aromatic N) is 1. The number of ether oxygens (including phenoxy) is 2. The van der Waals surface area contributed by atoms with Crippen molar-refractivity contribution in [3.05, 3.63) is 58.7 Å². The van der Waals surface area contributed by atoms with Crippen LogP contribution in [0.25, 0.3) is 0 Å². The van der Waals surface area contributed by atoms with E-state index in [0.717, 1.165) is 43.2 Å². The van der Waals surface area contributed by atoms with Crippen LogP contribution in [0.2, 0.25) is 0 Å². The zero-order valence-corrected chi connectivity index (χ0v) is 18.0. The number of hydrogen-bond acceptors (Lipinski definition) is 4. The van der Waals surface area contributed by atoms with Crippen LogP contribution in [0.3, 0.4) is 0 Å². The van der Waals surface area contributed by atoms with Gasteiger partial charge in [0.15, 0.2) is 11.5 Å². The van der Waals surface area contributed by atoms with Crippen LogP contribution < -0.4 is 14.8 Å². The standard InChI is InChI=1S/C25H28N2O4/c1-30-20-13-18-19(14-21(20)31-2)25(29)27-12-11-15-7-3-6-10-17(15)23(27)22(18)24(28)26-16-8-4-5-9-16/h3,6-7,10,13-14,16,22-23H,4-5,8-9,11-12H2,1-2H3,(H,26,28)/t22-,23-/m0/s1. The van der Waals surface area contributed by atoms with E-state index in [4.69, 9.17) is 9.47 Å². The molecule has 31 heavy (non-hydrogen) atoms. The lowest BCUT2D eigenvalue weighted by Crippen LogP contribution is -2.51. The van der Waals surface area contributed by atoms with Crippen molar-refractivity contribution in [3.63, 3.8) is 0 Å². The van der Waals surface area contributed by atoms with E-state index in [1.54, 1.807) is 20.3 Å². The molecular weight excluding hydrogens is 392 g/mol. The van der Waals surface area contributed by atoms with E-state index in [9.17, 15) is 9.59 Å². The van der Waals surface area contributed by atoms with Gasteiger partial charge in [-0.2, -0.15) is 0 Å². The van der Waals surface area contributed by atoms with Gasteiger partial charge in [-0.25, -0.2) is 0 Å². The number of carbonyl (C=O) groups excluding carboxylic acids is 2. The molecule has 6 nitrogen and oxygen atoms in total. The van der Waals surface area contributed by atoms with Gasteiger partial charge < -0.3 is 19.7 Å². The Morgan fingerprint density at radius 3 is 2.48 bits per heavy atom. The van der Waals surface area contributed by atoms with E-state index >= 15 is 0 Å². The molecule has 6 heteroatoms. The molecule has 0 unspecified atom stereocenters. The zero-order valence-electron chi connectivity index (χ0n) is 18.0. The molecule has 1 saturated carbocycles. The molecule has 2 aromatic carbocycles. The van der Waals surface area contributed by atoms with Crippen LogP contribution >= 0.6 is 0 Å². The molecule has 1 N–H and O–H groups in total. The van der Waals surface area contributed by atoms with Crippen molar-refractivity contribution in [2.24, 2.45) is 0 Å². The van der Waals surface area contributed by atoms with Crippen LogP contribution in [0.5, 0.6) is 11.5 Å². The number of amides is 2. The molecule has 0 bridgehead atoms. The molecule has 2 aromatic rings. The minimum Gasteiger partial charge on any atom is -0.493 e. The molecule has 2 amide bonds. The Labute approximate surface area is 182 Å². The van der Waals surface area contributed by atoms with Gasteiger partial charge in [-0.1, -0.05) is 37.1 Å². The van der Waals surface area contributed by atoms with E-state index in [1.165, 1.54) is 5.56 Å². The molecule has 0 aromatic heterocycles. The first-order chi connectivity index (χ1) is 15.1. The van der Waals surface area contributed by atoms with E-state index in [2.05, 4.69) is 17.4 Å². The summed E-state index contributed by atoms with van der Waals surface area (Å²) < 4.78 is 11.0. The first kappa shape index (κ1) is 19.9. The lowest BCUT2D eigenvalue weighted by atomic mass is 9.75. The Hall–Kier alpha value is -3.02. The topological polar surface area (TPSA) is 67.9 Å². The largest absolute Gasteiger partial charge is 0.493 e. The molecule has 2 heterocycles. The predicted octanol–water partition coefficient (Wildman–Crippen LogP) is 3.60. The molecule has 3 aliphatic rings. The van der Waals surface area contributed by atoms with Gasteiger partial charge in [0.25, 0.3) is 5.91 Å². The molecule has 0 spiro atoms. The van der Waals surface area contributed by atoms with Gasteiger partial charge in [0.05, 0.1) is 26.2 Å². The summed E-state index contributed by atoms with van der Waals surface area (Å²) in [5, 5.41) is 3.29. The molecule has 1 aliphatic carbocycles. The van der Waals surface area contributed by atoms with Crippen LogP contribution in [-0.4, -0.2) is 43.5 Å².